The number of benzene rings is 2. The summed E-state index contributed by atoms with van der Waals surface area (Å²) in [5, 5.41) is 1.01. The molecule has 2 heterocycles. The molecule has 0 bridgehead atoms. The third-order valence-corrected chi connectivity index (χ3v) is 4.16. The maximum Gasteiger partial charge on any atom is 0.357 e. The van der Waals surface area contributed by atoms with Crippen LogP contribution < -0.4 is 4.74 Å². The molecule has 1 aliphatic heterocycles. The number of aryl methyl sites for hydroxylation is 1. The topological polar surface area (TPSA) is 48.4 Å². The van der Waals surface area contributed by atoms with Gasteiger partial charge in [0.05, 0.1) is 12.6 Å². The highest BCUT2D eigenvalue weighted by Gasteiger charge is 2.29. The molecule has 4 nitrogen and oxygen atoms in total. The molecule has 114 valence electrons. The Kier molecular flexibility index (Phi) is 3.05. The Morgan fingerprint density at radius 1 is 1.17 bits per heavy atom. The standard InChI is InChI=1S/C19H15NO3/c1-11-7-8-15-13(9-11)17(12-5-3-4-6-16(12)22-2)14-10-23-19(21)18(14)20-15/h3-9H,10H2,1-2H3. The Bertz CT molecular complexity index is 947. The lowest BCUT2D eigenvalue weighted by Gasteiger charge is -2.14. The average Bonchev–Trinajstić information content (AvgIpc) is 2.94. The molecule has 0 N–H and O–H groups in total. The van der Waals surface area contributed by atoms with E-state index in [1.165, 1.54) is 0 Å². The third-order valence-electron chi connectivity index (χ3n) is 4.16. The van der Waals surface area contributed by atoms with E-state index in [2.05, 4.69) is 11.1 Å². The molecule has 0 amide bonds. The molecule has 0 radical (unpaired) electrons. The number of methoxy groups -OCH3 is 1. The Balaban J connectivity index is 2.16. The van der Waals surface area contributed by atoms with Gasteiger partial charge < -0.3 is 9.47 Å². The average molecular weight is 305 g/mol. The number of carbonyl (C=O) groups is 1. The van der Waals surface area contributed by atoms with E-state index < -0.39 is 0 Å². The predicted molar refractivity (Wildman–Crippen MR) is 87.6 cm³/mol. The van der Waals surface area contributed by atoms with E-state index in [0.717, 1.165) is 38.9 Å². The number of hydrogen-bond acceptors (Lipinski definition) is 4. The number of para-hydroxylation sites is 1. The summed E-state index contributed by atoms with van der Waals surface area (Å²) in [7, 11) is 1.65. The van der Waals surface area contributed by atoms with E-state index >= 15 is 0 Å². The summed E-state index contributed by atoms with van der Waals surface area (Å²) >= 11 is 0. The van der Waals surface area contributed by atoms with Gasteiger partial charge in [-0.15, -0.1) is 0 Å². The second kappa shape index (κ2) is 5.09. The normalized spacial score (nSPS) is 13.0. The van der Waals surface area contributed by atoms with Crippen LogP contribution >= 0.6 is 0 Å². The second-order valence-electron chi connectivity index (χ2n) is 5.61. The van der Waals surface area contributed by atoms with Crippen LogP contribution in [-0.4, -0.2) is 18.1 Å². The van der Waals surface area contributed by atoms with Crippen molar-refractivity contribution in [3.8, 4) is 16.9 Å². The number of rotatable bonds is 2. The number of carbonyl (C=O) groups excluding carboxylic acids is 1. The van der Waals surface area contributed by atoms with Gasteiger partial charge in [-0.2, -0.15) is 0 Å². The SMILES string of the molecule is COc1ccccc1-c1c2c(nc3ccc(C)cc13)C(=O)OC2. The van der Waals surface area contributed by atoms with E-state index in [4.69, 9.17) is 9.47 Å². The van der Waals surface area contributed by atoms with Crippen molar-refractivity contribution in [1.82, 2.24) is 4.98 Å². The van der Waals surface area contributed by atoms with Crippen LogP contribution in [0.25, 0.3) is 22.0 Å². The van der Waals surface area contributed by atoms with Gasteiger partial charge in [0.1, 0.15) is 12.4 Å². The van der Waals surface area contributed by atoms with Crippen LogP contribution in [0.3, 0.4) is 0 Å². The van der Waals surface area contributed by atoms with Crippen molar-refractivity contribution < 1.29 is 14.3 Å². The molecular weight excluding hydrogens is 290 g/mol. The maximum absolute atomic E-state index is 12.0. The molecule has 1 aromatic heterocycles. The summed E-state index contributed by atoms with van der Waals surface area (Å²) in [5.41, 5.74) is 5.08. The van der Waals surface area contributed by atoms with Crippen LogP contribution in [-0.2, 0) is 11.3 Å². The van der Waals surface area contributed by atoms with Crippen molar-refractivity contribution in [3.05, 3.63) is 59.3 Å². The van der Waals surface area contributed by atoms with Crippen LogP contribution in [0.1, 0.15) is 21.6 Å². The molecular formula is C19H15NO3. The van der Waals surface area contributed by atoms with Crippen LogP contribution in [0.15, 0.2) is 42.5 Å². The van der Waals surface area contributed by atoms with Crippen molar-refractivity contribution in [1.29, 1.82) is 0 Å². The van der Waals surface area contributed by atoms with Crippen LogP contribution in [0.4, 0.5) is 0 Å². The van der Waals surface area contributed by atoms with E-state index in [0.29, 0.717) is 5.69 Å². The first kappa shape index (κ1) is 13.8. The molecule has 0 spiro atoms. The molecule has 0 aliphatic carbocycles. The summed E-state index contributed by atoms with van der Waals surface area (Å²) < 4.78 is 10.7. The second-order valence-corrected chi connectivity index (χ2v) is 5.61. The van der Waals surface area contributed by atoms with Crippen LogP contribution in [0, 0.1) is 6.92 Å². The van der Waals surface area contributed by atoms with Crippen molar-refractivity contribution in [2.75, 3.05) is 7.11 Å². The van der Waals surface area contributed by atoms with Gasteiger partial charge in [-0.1, -0.05) is 29.8 Å². The quantitative estimate of drug-likeness (QED) is 0.674. The fourth-order valence-corrected chi connectivity index (χ4v) is 3.09. The Labute approximate surface area is 133 Å². The first-order valence-corrected chi connectivity index (χ1v) is 7.43. The molecule has 1 aliphatic rings. The number of cyclic esters (lactones) is 1. The number of hydrogen-bond donors (Lipinski definition) is 0. The highest BCUT2D eigenvalue weighted by molar-refractivity contribution is 6.04. The molecule has 0 unspecified atom stereocenters. The van der Waals surface area contributed by atoms with Crippen molar-refractivity contribution in [2.45, 2.75) is 13.5 Å². The highest BCUT2D eigenvalue weighted by Crippen LogP contribution is 2.40. The molecule has 0 fully saturated rings. The van der Waals surface area contributed by atoms with Crippen LogP contribution in [0.2, 0.25) is 0 Å². The maximum atomic E-state index is 12.0. The molecule has 23 heavy (non-hydrogen) atoms. The number of ether oxygens (including phenoxy) is 2. The lowest BCUT2D eigenvalue weighted by Crippen LogP contribution is -2.01. The predicted octanol–water partition coefficient (Wildman–Crippen LogP) is 3.89. The number of aromatic nitrogens is 1. The monoisotopic (exact) mass is 305 g/mol. The van der Waals surface area contributed by atoms with E-state index in [1.807, 2.05) is 43.3 Å². The van der Waals surface area contributed by atoms with Gasteiger partial charge in [-0.05, 0) is 25.1 Å². The van der Waals surface area contributed by atoms with Gasteiger partial charge in [0.2, 0.25) is 0 Å². The number of nitrogens with zero attached hydrogens (tertiary/aromatic N) is 1. The Morgan fingerprint density at radius 2 is 2.00 bits per heavy atom. The zero-order valence-corrected chi connectivity index (χ0v) is 12.9. The number of pyridine rings is 1. The minimum Gasteiger partial charge on any atom is -0.496 e. The van der Waals surface area contributed by atoms with Crippen LogP contribution in [0.5, 0.6) is 5.75 Å². The number of fused-ring (bicyclic) bond motifs is 2. The first-order chi connectivity index (χ1) is 11.2. The molecule has 2 aromatic carbocycles. The van der Waals surface area contributed by atoms with Gasteiger partial charge in [0.15, 0.2) is 5.69 Å². The summed E-state index contributed by atoms with van der Waals surface area (Å²) in [6.45, 7) is 2.29. The molecule has 4 heteroatoms. The van der Waals surface area contributed by atoms with Gasteiger partial charge >= 0.3 is 5.97 Å². The molecule has 4 rings (SSSR count). The van der Waals surface area contributed by atoms with Gasteiger partial charge in [0.25, 0.3) is 0 Å². The van der Waals surface area contributed by atoms with Gasteiger partial charge in [0, 0.05) is 22.1 Å². The van der Waals surface area contributed by atoms with Gasteiger partial charge in [-0.3, -0.25) is 0 Å². The van der Waals surface area contributed by atoms with E-state index in [-0.39, 0.29) is 12.6 Å². The lowest BCUT2D eigenvalue weighted by atomic mass is 9.93. The zero-order valence-electron chi connectivity index (χ0n) is 12.9. The van der Waals surface area contributed by atoms with Gasteiger partial charge in [-0.25, -0.2) is 9.78 Å². The summed E-state index contributed by atoms with van der Waals surface area (Å²) in [6, 6.07) is 13.8. The fraction of sp³-hybridized carbons (Fsp3) is 0.158. The highest BCUT2D eigenvalue weighted by atomic mass is 16.5. The van der Waals surface area contributed by atoms with E-state index in [9.17, 15) is 4.79 Å². The smallest absolute Gasteiger partial charge is 0.357 e. The first-order valence-electron chi connectivity index (χ1n) is 7.43. The largest absolute Gasteiger partial charge is 0.496 e. The molecule has 0 saturated carbocycles. The minimum absolute atomic E-state index is 0.248. The fourth-order valence-electron chi connectivity index (χ4n) is 3.09. The van der Waals surface area contributed by atoms with E-state index in [1.54, 1.807) is 7.11 Å². The molecule has 0 saturated heterocycles. The van der Waals surface area contributed by atoms with Crippen molar-refractivity contribution in [3.63, 3.8) is 0 Å². The summed E-state index contributed by atoms with van der Waals surface area (Å²) in [5.74, 6) is 0.404. The summed E-state index contributed by atoms with van der Waals surface area (Å²) in [6.07, 6.45) is 0. The minimum atomic E-state index is -0.362. The Hall–Kier alpha value is -2.88. The number of esters is 1. The zero-order chi connectivity index (χ0) is 16.0. The third kappa shape index (κ3) is 2.06. The molecule has 3 aromatic rings. The molecule has 0 atom stereocenters. The summed E-state index contributed by atoms with van der Waals surface area (Å²) in [4.78, 5) is 16.5. The van der Waals surface area contributed by atoms with Crippen molar-refractivity contribution >= 4 is 16.9 Å². The Morgan fingerprint density at radius 3 is 2.83 bits per heavy atom. The van der Waals surface area contributed by atoms with Crippen molar-refractivity contribution in [2.24, 2.45) is 0 Å². The lowest BCUT2D eigenvalue weighted by molar-refractivity contribution is 0.0531.